The van der Waals surface area contributed by atoms with Crippen LogP contribution in [0.1, 0.15) is 81.4 Å². The summed E-state index contributed by atoms with van der Waals surface area (Å²) in [4.78, 5) is 0. The molecule has 0 amide bonds. The summed E-state index contributed by atoms with van der Waals surface area (Å²) in [5.41, 5.74) is 22.7. The highest BCUT2D eigenvalue weighted by molar-refractivity contribution is 6.37. The van der Waals surface area contributed by atoms with Gasteiger partial charge in [0, 0.05) is 28.1 Å². The average molecular weight is 738 g/mol. The first-order valence-electron chi connectivity index (χ1n) is 20.2. The van der Waals surface area contributed by atoms with E-state index in [1.807, 2.05) is 0 Å². The van der Waals surface area contributed by atoms with Gasteiger partial charge in [-0.3, -0.25) is 0 Å². The van der Waals surface area contributed by atoms with Crippen molar-refractivity contribution in [1.29, 1.82) is 0 Å². The largest absolute Gasteiger partial charge is 0.416 e. The smallest absolute Gasteiger partial charge is 0.388 e. The quantitative estimate of drug-likeness (QED) is 0.159. The van der Waals surface area contributed by atoms with E-state index in [1.165, 1.54) is 95.8 Å². The molecule has 276 valence electrons. The summed E-state index contributed by atoms with van der Waals surface area (Å²) in [6, 6.07) is 41.6. The van der Waals surface area contributed by atoms with Gasteiger partial charge in [0.15, 0.2) is 0 Å². The Labute approximate surface area is 328 Å². The zero-order valence-corrected chi connectivity index (χ0v) is 32.0. The molecule has 1 aromatic heterocycles. The van der Waals surface area contributed by atoms with Crippen LogP contribution in [0.3, 0.4) is 0 Å². The lowest BCUT2D eigenvalue weighted by molar-refractivity contribution is -0.137. The second-order valence-electron chi connectivity index (χ2n) is 16.1. The highest BCUT2D eigenvalue weighted by atomic mass is 19.4. The molecule has 0 unspecified atom stereocenters. The van der Waals surface area contributed by atoms with Crippen molar-refractivity contribution >= 4 is 24.1 Å². The molecular weight excluding hydrogens is 694 g/mol. The van der Waals surface area contributed by atoms with Gasteiger partial charge >= 0.3 is 6.18 Å². The molecule has 0 saturated heterocycles. The summed E-state index contributed by atoms with van der Waals surface area (Å²) < 4.78 is 45.3. The first-order valence-corrected chi connectivity index (χ1v) is 20.2. The molecule has 56 heavy (non-hydrogen) atoms. The van der Waals surface area contributed by atoms with Gasteiger partial charge in [-0.1, -0.05) is 127 Å². The van der Waals surface area contributed by atoms with Crippen LogP contribution < -0.4 is 0 Å². The van der Waals surface area contributed by atoms with Crippen LogP contribution in [0.4, 0.5) is 13.2 Å². The Morgan fingerprint density at radius 2 is 1.05 bits per heavy atom. The molecule has 4 aliphatic rings. The molecule has 0 bridgehead atoms. The van der Waals surface area contributed by atoms with Gasteiger partial charge in [-0.2, -0.15) is 13.2 Å². The maximum Gasteiger partial charge on any atom is 0.416 e. The summed E-state index contributed by atoms with van der Waals surface area (Å²) in [6.07, 6.45) is 3.36. The Bertz CT molecular complexity index is 2630. The van der Waals surface area contributed by atoms with Crippen LogP contribution in [-0.4, -0.2) is 11.9 Å². The second-order valence-corrected chi connectivity index (χ2v) is 16.1. The molecule has 10 rings (SSSR count). The molecule has 0 fully saturated rings. The topological polar surface area (TPSA) is 4.93 Å². The summed E-state index contributed by atoms with van der Waals surface area (Å²) in [6.45, 7) is 4.25. The summed E-state index contributed by atoms with van der Waals surface area (Å²) in [5, 5.41) is 0. The van der Waals surface area contributed by atoms with Crippen LogP contribution in [0.25, 0.3) is 39.1 Å². The minimum absolute atomic E-state index is 0.627. The lowest BCUT2D eigenvalue weighted by atomic mass is 9.75. The summed E-state index contributed by atoms with van der Waals surface area (Å²) in [5.74, 6) is 0. The number of halogens is 3. The van der Waals surface area contributed by atoms with Gasteiger partial charge in [0.25, 0.3) is 0 Å². The first-order chi connectivity index (χ1) is 27.3. The highest BCUT2D eigenvalue weighted by Crippen LogP contribution is 2.57. The molecule has 5 heteroatoms. The maximum atomic E-state index is 14.3. The summed E-state index contributed by atoms with van der Waals surface area (Å²) in [7, 11) is 0.808. The zero-order valence-electron chi connectivity index (χ0n) is 32.0. The first kappa shape index (κ1) is 34.9. The molecule has 6 aromatic rings. The number of aromatic nitrogens is 1. The van der Waals surface area contributed by atoms with Gasteiger partial charge in [0.1, 0.15) is 0 Å². The fourth-order valence-corrected chi connectivity index (χ4v) is 10.1. The number of aryl methyl sites for hydroxylation is 4. The van der Waals surface area contributed by atoms with E-state index in [4.69, 9.17) is 0 Å². The fraction of sp³-hybridized carbons (Fsp3) is 0.216. The van der Waals surface area contributed by atoms with E-state index >= 15 is 0 Å². The highest BCUT2D eigenvalue weighted by Gasteiger charge is 2.39. The van der Waals surface area contributed by atoms with Crippen molar-refractivity contribution in [2.45, 2.75) is 71.3 Å². The van der Waals surface area contributed by atoms with Crippen LogP contribution in [0.2, 0.25) is 6.32 Å². The minimum Gasteiger partial charge on any atom is -0.388 e. The van der Waals surface area contributed by atoms with Crippen LogP contribution in [0.15, 0.2) is 138 Å². The molecule has 0 saturated carbocycles. The van der Waals surface area contributed by atoms with Gasteiger partial charge in [-0.25, -0.2) is 0 Å². The van der Waals surface area contributed by atoms with Crippen LogP contribution in [-0.2, 0) is 25.4 Å². The number of nitrogens with zero attached hydrogens (tertiary/aromatic N) is 1. The van der Waals surface area contributed by atoms with Gasteiger partial charge in [0.05, 0.1) is 5.56 Å². The zero-order chi connectivity index (χ0) is 38.1. The Morgan fingerprint density at radius 3 is 1.73 bits per heavy atom. The summed E-state index contributed by atoms with van der Waals surface area (Å²) >= 11 is 0. The number of alkyl halides is 3. The van der Waals surface area contributed by atoms with Gasteiger partial charge in [-0.15, -0.1) is 0 Å². The fourth-order valence-electron chi connectivity index (χ4n) is 10.1. The third-order valence-corrected chi connectivity index (χ3v) is 12.6. The molecular formula is C51H43BF3N. The molecule has 0 spiro atoms. The lowest BCUT2D eigenvalue weighted by Crippen LogP contribution is -2.17. The van der Waals surface area contributed by atoms with Crippen molar-refractivity contribution < 1.29 is 13.2 Å². The Balaban J connectivity index is 1.41. The van der Waals surface area contributed by atoms with Crippen molar-refractivity contribution in [2.75, 3.05) is 0 Å². The normalized spacial score (nSPS) is 17.7. The molecule has 2 heterocycles. The van der Waals surface area contributed by atoms with Crippen LogP contribution >= 0.6 is 0 Å². The van der Waals surface area contributed by atoms with Gasteiger partial charge in [0.2, 0.25) is 7.41 Å². The lowest BCUT2D eigenvalue weighted by Gasteiger charge is -2.26. The molecule has 0 N–H and O–H groups in total. The molecule has 5 aromatic carbocycles. The standard InChI is InChI=1S/C51H43BF3N/c1-31-17-21-35(22-18-31)44-41-15-7-11-33-9-3-5-13-39(33)47(41)42-29-30-52-56-49-40-14-6-4-10-34(40)12-8-16-43(49)45(36-23-19-32(2)20-24-36)50(56)46(48(42)44)37-25-27-38(28-26-37)51(53,54)55/h3-6,9-10,13-14,17-28,52H,7-8,11-12,15-16,29-30H2,1-2H3/b48-46+. The number of rotatable bonds is 3. The Morgan fingerprint density at radius 1 is 0.500 bits per heavy atom. The number of benzene rings is 5. The third kappa shape index (κ3) is 5.69. The van der Waals surface area contributed by atoms with Gasteiger partial charge < -0.3 is 4.48 Å². The Hall–Kier alpha value is -5.55. The molecule has 1 nitrogen and oxygen atoms in total. The molecule has 1 aliphatic heterocycles. The predicted molar refractivity (Wildman–Crippen MR) is 226 cm³/mol. The van der Waals surface area contributed by atoms with Crippen molar-refractivity contribution in [3.8, 4) is 22.4 Å². The van der Waals surface area contributed by atoms with Crippen molar-refractivity contribution in [2.24, 2.45) is 0 Å². The molecule has 3 aliphatic carbocycles. The van der Waals surface area contributed by atoms with E-state index in [-0.39, 0.29) is 0 Å². The van der Waals surface area contributed by atoms with E-state index in [9.17, 15) is 13.2 Å². The van der Waals surface area contributed by atoms with Gasteiger partial charge in [-0.05, 0) is 138 Å². The monoisotopic (exact) mass is 737 g/mol. The van der Waals surface area contributed by atoms with Crippen molar-refractivity contribution in [3.63, 3.8) is 0 Å². The Kier molecular flexibility index (Phi) is 8.47. The number of hydrogen-bond acceptors (Lipinski definition) is 0. The average Bonchev–Trinajstić information content (AvgIpc) is 3.47. The number of allylic oxidation sites excluding steroid dienone is 5. The minimum atomic E-state index is -4.43. The molecule has 0 radical (unpaired) electrons. The second kappa shape index (κ2) is 13.6. The van der Waals surface area contributed by atoms with E-state index < -0.39 is 11.7 Å². The maximum absolute atomic E-state index is 14.3. The van der Waals surface area contributed by atoms with Crippen LogP contribution in [0.5, 0.6) is 0 Å². The van der Waals surface area contributed by atoms with Crippen molar-refractivity contribution in [1.82, 2.24) is 4.48 Å². The van der Waals surface area contributed by atoms with Crippen LogP contribution in [0, 0.1) is 13.8 Å². The van der Waals surface area contributed by atoms with Crippen molar-refractivity contribution in [3.05, 3.63) is 194 Å². The number of fused-ring (bicyclic) bond motifs is 9. The van der Waals surface area contributed by atoms with E-state index in [1.54, 1.807) is 12.1 Å². The molecule has 0 atom stereocenters. The third-order valence-electron chi connectivity index (χ3n) is 12.6. The van der Waals surface area contributed by atoms with E-state index in [2.05, 4.69) is 115 Å². The predicted octanol–water partition coefficient (Wildman–Crippen LogP) is 13.0. The van der Waals surface area contributed by atoms with E-state index in [0.717, 1.165) is 81.1 Å². The number of hydrogen-bond donors (Lipinski definition) is 0. The SMILES string of the molecule is Cc1ccc(C2=C3CCCc4ccccc4C3=C3CCBn4c(c(-c5ccc(C)cc5)c5c4-c4ccccc4CCC5)/C(c4ccc(C(F)(F)F)cc4)=C\32)cc1. The van der Waals surface area contributed by atoms with E-state index in [0.29, 0.717) is 0 Å².